The summed E-state index contributed by atoms with van der Waals surface area (Å²) in [6, 6.07) is 24.0. The topological polar surface area (TPSA) is 75.7 Å². The Balaban J connectivity index is 1.52. The lowest BCUT2D eigenvalue weighted by Crippen LogP contribution is -2.40. The average Bonchev–Trinajstić information content (AvgIpc) is 2.80. The summed E-state index contributed by atoms with van der Waals surface area (Å²) in [6.45, 7) is 0.573. The van der Waals surface area contributed by atoms with Crippen molar-refractivity contribution in [3.63, 3.8) is 0 Å². The SMILES string of the molecule is CS(=O)(=O)N(CC(=O)NCCCc1ccc(Cl)cc1)c1ccc(OCc2ccccc2)cc1. The van der Waals surface area contributed by atoms with Gasteiger partial charge < -0.3 is 10.1 Å². The zero-order chi connectivity index (χ0) is 23.7. The summed E-state index contributed by atoms with van der Waals surface area (Å²) in [4.78, 5) is 12.4. The van der Waals surface area contributed by atoms with Gasteiger partial charge in [-0.3, -0.25) is 9.10 Å². The summed E-state index contributed by atoms with van der Waals surface area (Å²) in [7, 11) is -3.64. The Labute approximate surface area is 200 Å². The van der Waals surface area contributed by atoms with Crippen LogP contribution in [0.1, 0.15) is 17.5 Å². The first kappa shape index (κ1) is 24.6. The summed E-state index contributed by atoms with van der Waals surface area (Å²) in [5.41, 5.74) is 2.56. The van der Waals surface area contributed by atoms with Crippen molar-refractivity contribution >= 4 is 33.2 Å². The van der Waals surface area contributed by atoms with Gasteiger partial charge in [-0.05, 0) is 60.4 Å². The zero-order valence-corrected chi connectivity index (χ0v) is 20.0. The van der Waals surface area contributed by atoms with Gasteiger partial charge in [0, 0.05) is 11.6 Å². The molecule has 0 aliphatic heterocycles. The number of rotatable bonds is 11. The molecule has 33 heavy (non-hydrogen) atoms. The summed E-state index contributed by atoms with van der Waals surface area (Å²) in [5, 5.41) is 3.47. The van der Waals surface area contributed by atoms with Gasteiger partial charge in [0.15, 0.2) is 0 Å². The van der Waals surface area contributed by atoms with Gasteiger partial charge >= 0.3 is 0 Å². The molecule has 0 unspecified atom stereocenters. The van der Waals surface area contributed by atoms with Crippen molar-refractivity contribution in [2.45, 2.75) is 19.4 Å². The number of carbonyl (C=O) groups is 1. The number of carbonyl (C=O) groups excluding carboxylic acids is 1. The summed E-state index contributed by atoms with van der Waals surface area (Å²) in [6.07, 6.45) is 2.61. The lowest BCUT2D eigenvalue weighted by Gasteiger charge is -2.22. The molecule has 3 aromatic rings. The fourth-order valence-electron chi connectivity index (χ4n) is 3.21. The van der Waals surface area contributed by atoms with Gasteiger partial charge in [-0.1, -0.05) is 54.1 Å². The highest BCUT2D eigenvalue weighted by molar-refractivity contribution is 7.92. The summed E-state index contributed by atoms with van der Waals surface area (Å²) >= 11 is 5.88. The molecule has 0 saturated heterocycles. The number of aryl methyl sites for hydroxylation is 1. The summed E-state index contributed by atoms with van der Waals surface area (Å²) in [5.74, 6) is 0.253. The number of nitrogens with zero attached hydrogens (tertiary/aromatic N) is 1. The molecule has 0 bridgehead atoms. The minimum Gasteiger partial charge on any atom is -0.489 e. The average molecular weight is 487 g/mol. The maximum Gasteiger partial charge on any atom is 0.240 e. The molecule has 3 aromatic carbocycles. The van der Waals surface area contributed by atoms with Gasteiger partial charge in [-0.15, -0.1) is 0 Å². The van der Waals surface area contributed by atoms with Crippen LogP contribution in [0.4, 0.5) is 5.69 Å². The van der Waals surface area contributed by atoms with Crippen LogP contribution in [0.2, 0.25) is 5.02 Å². The normalized spacial score (nSPS) is 11.1. The fraction of sp³-hybridized carbons (Fsp3) is 0.240. The smallest absolute Gasteiger partial charge is 0.240 e. The van der Waals surface area contributed by atoms with Gasteiger partial charge in [-0.25, -0.2) is 8.42 Å². The van der Waals surface area contributed by atoms with E-state index >= 15 is 0 Å². The molecule has 0 spiro atoms. The third kappa shape index (κ3) is 8.11. The molecule has 1 amide bonds. The molecular formula is C25H27ClN2O4S. The lowest BCUT2D eigenvalue weighted by molar-refractivity contribution is -0.119. The van der Waals surface area contributed by atoms with E-state index in [-0.39, 0.29) is 12.5 Å². The highest BCUT2D eigenvalue weighted by Gasteiger charge is 2.20. The Morgan fingerprint density at radius 1 is 0.939 bits per heavy atom. The second-order valence-electron chi connectivity index (χ2n) is 7.62. The number of sulfonamides is 1. The number of halogens is 1. The van der Waals surface area contributed by atoms with Gasteiger partial charge in [0.05, 0.1) is 11.9 Å². The number of ether oxygens (including phenoxy) is 1. The third-order valence-electron chi connectivity index (χ3n) is 4.94. The molecule has 3 rings (SSSR count). The van der Waals surface area contributed by atoms with Crippen molar-refractivity contribution in [2.75, 3.05) is 23.7 Å². The largest absolute Gasteiger partial charge is 0.489 e. The molecule has 6 nitrogen and oxygen atoms in total. The van der Waals surface area contributed by atoms with Crippen molar-refractivity contribution in [1.82, 2.24) is 5.32 Å². The van der Waals surface area contributed by atoms with Gasteiger partial charge in [0.2, 0.25) is 15.9 Å². The molecule has 1 N–H and O–H groups in total. The summed E-state index contributed by atoms with van der Waals surface area (Å²) < 4.78 is 31.5. The second-order valence-corrected chi connectivity index (χ2v) is 9.96. The van der Waals surface area contributed by atoms with Crippen molar-refractivity contribution < 1.29 is 17.9 Å². The molecule has 0 saturated carbocycles. The van der Waals surface area contributed by atoms with E-state index in [1.807, 2.05) is 54.6 Å². The Bertz CT molecular complexity index is 1140. The van der Waals surface area contributed by atoms with Crippen LogP contribution in [0.3, 0.4) is 0 Å². The van der Waals surface area contributed by atoms with Gasteiger partial charge in [-0.2, -0.15) is 0 Å². The van der Waals surface area contributed by atoms with Crippen molar-refractivity contribution in [3.8, 4) is 5.75 Å². The van der Waals surface area contributed by atoms with Crippen LogP contribution in [-0.4, -0.2) is 33.7 Å². The van der Waals surface area contributed by atoms with E-state index in [4.69, 9.17) is 16.3 Å². The number of amides is 1. The van der Waals surface area contributed by atoms with Crippen LogP contribution in [0.25, 0.3) is 0 Å². The molecule has 0 heterocycles. The first-order valence-corrected chi connectivity index (χ1v) is 12.8. The number of benzene rings is 3. The monoisotopic (exact) mass is 486 g/mol. The minimum atomic E-state index is -3.64. The van der Waals surface area contributed by atoms with Crippen LogP contribution in [0.15, 0.2) is 78.9 Å². The van der Waals surface area contributed by atoms with Crippen molar-refractivity contribution in [1.29, 1.82) is 0 Å². The number of hydrogen-bond acceptors (Lipinski definition) is 4. The van der Waals surface area contributed by atoms with E-state index in [1.54, 1.807) is 24.3 Å². The quantitative estimate of drug-likeness (QED) is 0.407. The maximum atomic E-state index is 12.4. The van der Waals surface area contributed by atoms with Crippen LogP contribution >= 0.6 is 11.6 Å². The minimum absolute atomic E-state index is 0.288. The van der Waals surface area contributed by atoms with Crippen LogP contribution in [0.5, 0.6) is 5.75 Å². The van der Waals surface area contributed by atoms with E-state index in [0.717, 1.165) is 34.5 Å². The Morgan fingerprint density at radius 3 is 2.24 bits per heavy atom. The van der Waals surface area contributed by atoms with Gasteiger partial charge in [0.1, 0.15) is 18.9 Å². The molecule has 0 aliphatic carbocycles. The molecule has 0 aliphatic rings. The Kier molecular flexibility index (Phi) is 8.74. The van der Waals surface area contributed by atoms with Crippen molar-refractivity contribution in [2.24, 2.45) is 0 Å². The van der Waals surface area contributed by atoms with E-state index in [9.17, 15) is 13.2 Å². The van der Waals surface area contributed by atoms with Crippen molar-refractivity contribution in [3.05, 3.63) is 95.0 Å². The molecule has 0 atom stereocenters. The van der Waals surface area contributed by atoms with Gasteiger partial charge in [0.25, 0.3) is 0 Å². The maximum absolute atomic E-state index is 12.4. The van der Waals surface area contributed by atoms with E-state index in [0.29, 0.717) is 29.6 Å². The predicted molar refractivity (Wildman–Crippen MR) is 132 cm³/mol. The highest BCUT2D eigenvalue weighted by Crippen LogP contribution is 2.22. The lowest BCUT2D eigenvalue weighted by atomic mass is 10.1. The number of hydrogen-bond donors (Lipinski definition) is 1. The van der Waals surface area contributed by atoms with Crippen LogP contribution in [-0.2, 0) is 27.8 Å². The van der Waals surface area contributed by atoms with E-state index in [2.05, 4.69) is 5.32 Å². The van der Waals surface area contributed by atoms with Crippen LogP contribution in [0, 0.1) is 0 Å². The Morgan fingerprint density at radius 2 is 1.61 bits per heavy atom. The first-order valence-electron chi connectivity index (χ1n) is 10.6. The second kappa shape index (κ2) is 11.7. The molecule has 8 heteroatoms. The molecule has 0 fully saturated rings. The Hall–Kier alpha value is -3.03. The number of nitrogens with one attached hydrogen (secondary N) is 1. The fourth-order valence-corrected chi connectivity index (χ4v) is 4.19. The molecular weight excluding hydrogens is 460 g/mol. The van der Waals surface area contributed by atoms with E-state index < -0.39 is 10.0 Å². The number of anilines is 1. The molecule has 174 valence electrons. The molecule has 0 radical (unpaired) electrons. The zero-order valence-electron chi connectivity index (χ0n) is 18.4. The van der Waals surface area contributed by atoms with E-state index in [1.165, 1.54) is 0 Å². The standard InChI is InChI=1S/C25H27ClN2O4S/c1-33(30,31)28(18-25(29)27-17-5-8-20-9-11-22(26)12-10-20)23-13-15-24(16-14-23)32-19-21-6-3-2-4-7-21/h2-4,6-7,9-16H,5,8,17-19H2,1H3,(H,27,29). The third-order valence-corrected chi connectivity index (χ3v) is 6.33. The molecule has 0 aromatic heterocycles. The predicted octanol–water partition coefficient (Wildman–Crippen LogP) is 4.43. The first-order chi connectivity index (χ1) is 15.8. The highest BCUT2D eigenvalue weighted by atomic mass is 35.5. The van der Waals surface area contributed by atoms with Crippen LogP contribution < -0.4 is 14.4 Å².